The number of amides is 2. The first-order valence-electron chi connectivity index (χ1n) is 8.51. The van der Waals surface area contributed by atoms with Gasteiger partial charge in [-0.2, -0.15) is 0 Å². The Morgan fingerprint density at radius 1 is 1.22 bits per heavy atom. The van der Waals surface area contributed by atoms with Gasteiger partial charge in [0, 0.05) is 35.5 Å². The highest BCUT2D eigenvalue weighted by Gasteiger charge is 2.25. The number of carbonyl (C=O) groups is 1. The number of aromatic nitrogens is 2. The summed E-state index contributed by atoms with van der Waals surface area (Å²) in [5.41, 5.74) is 6.80. The van der Waals surface area contributed by atoms with Gasteiger partial charge in [0.25, 0.3) is 0 Å². The molecule has 27 heavy (non-hydrogen) atoms. The van der Waals surface area contributed by atoms with Crippen LogP contribution < -0.4 is 15.4 Å². The van der Waals surface area contributed by atoms with E-state index in [0.717, 1.165) is 5.56 Å². The minimum atomic E-state index is -0.666. The van der Waals surface area contributed by atoms with E-state index >= 15 is 0 Å². The van der Waals surface area contributed by atoms with Crippen molar-refractivity contribution in [2.24, 2.45) is 5.73 Å². The first-order valence-corrected chi connectivity index (χ1v) is 8.51. The van der Waals surface area contributed by atoms with Crippen molar-refractivity contribution in [2.45, 2.75) is 33.1 Å². The van der Waals surface area contributed by atoms with Crippen molar-refractivity contribution < 1.29 is 14.1 Å². The Morgan fingerprint density at radius 2 is 2.00 bits per heavy atom. The SMILES string of the molecule is Cc1cnccc1Oc1cccc(N(C(N)=O)c2cc(C(C)(C)C)on2)c1. The monoisotopic (exact) mass is 366 g/mol. The van der Waals surface area contributed by atoms with E-state index in [1.54, 1.807) is 48.8 Å². The lowest BCUT2D eigenvalue weighted by Gasteiger charge is -2.18. The molecule has 2 amide bonds. The highest BCUT2D eigenvalue weighted by Crippen LogP contribution is 2.33. The number of carbonyl (C=O) groups excluding carboxylic acids is 1. The van der Waals surface area contributed by atoms with Gasteiger partial charge in [0.2, 0.25) is 0 Å². The average molecular weight is 366 g/mol. The Hall–Kier alpha value is -3.35. The fourth-order valence-corrected chi connectivity index (χ4v) is 2.49. The first kappa shape index (κ1) is 18.4. The molecular weight excluding hydrogens is 344 g/mol. The Kier molecular flexibility index (Phi) is 4.85. The molecule has 0 aliphatic rings. The number of rotatable bonds is 4. The molecule has 0 unspecified atom stereocenters. The van der Waals surface area contributed by atoms with Gasteiger partial charge in [-0.1, -0.05) is 32.0 Å². The molecular formula is C20H22N4O3. The van der Waals surface area contributed by atoms with Crippen molar-refractivity contribution >= 4 is 17.5 Å². The molecule has 3 rings (SSSR count). The molecule has 0 bridgehead atoms. The number of ether oxygens (including phenoxy) is 1. The van der Waals surface area contributed by atoms with Crippen LogP contribution in [0.5, 0.6) is 11.5 Å². The number of anilines is 2. The van der Waals surface area contributed by atoms with Gasteiger partial charge in [-0.3, -0.25) is 4.98 Å². The smallest absolute Gasteiger partial charge is 0.325 e. The second kappa shape index (κ2) is 7.11. The van der Waals surface area contributed by atoms with Gasteiger partial charge in [0.15, 0.2) is 5.82 Å². The molecule has 0 saturated heterocycles. The van der Waals surface area contributed by atoms with E-state index in [-0.39, 0.29) is 5.41 Å². The van der Waals surface area contributed by atoms with Crippen LogP contribution in [0.4, 0.5) is 16.3 Å². The van der Waals surface area contributed by atoms with Crippen molar-refractivity contribution in [3.8, 4) is 11.5 Å². The van der Waals surface area contributed by atoms with Crippen LogP contribution in [0.2, 0.25) is 0 Å². The Labute approximate surface area is 157 Å². The summed E-state index contributed by atoms with van der Waals surface area (Å²) in [4.78, 5) is 17.4. The van der Waals surface area contributed by atoms with Crippen LogP contribution in [0.1, 0.15) is 32.1 Å². The van der Waals surface area contributed by atoms with E-state index in [9.17, 15) is 4.79 Å². The molecule has 0 fully saturated rings. The fourth-order valence-electron chi connectivity index (χ4n) is 2.49. The summed E-state index contributed by atoms with van der Waals surface area (Å²) in [6, 6.07) is 9.87. The van der Waals surface area contributed by atoms with Crippen molar-refractivity contribution in [1.29, 1.82) is 0 Å². The minimum Gasteiger partial charge on any atom is -0.457 e. The van der Waals surface area contributed by atoms with Crippen molar-refractivity contribution in [2.75, 3.05) is 4.90 Å². The maximum absolute atomic E-state index is 12.1. The molecule has 0 spiro atoms. The van der Waals surface area contributed by atoms with Gasteiger partial charge in [0.1, 0.15) is 17.3 Å². The normalized spacial score (nSPS) is 11.3. The number of benzene rings is 1. The summed E-state index contributed by atoms with van der Waals surface area (Å²) < 4.78 is 11.3. The van der Waals surface area contributed by atoms with Crippen molar-refractivity contribution in [3.05, 3.63) is 60.1 Å². The number of urea groups is 1. The van der Waals surface area contributed by atoms with Crippen LogP contribution in [0.15, 0.2) is 53.3 Å². The van der Waals surface area contributed by atoms with Crippen molar-refractivity contribution in [3.63, 3.8) is 0 Å². The number of hydrogen-bond acceptors (Lipinski definition) is 5. The minimum absolute atomic E-state index is 0.238. The fraction of sp³-hybridized carbons (Fsp3) is 0.250. The molecule has 0 saturated carbocycles. The van der Waals surface area contributed by atoms with Crippen LogP contribution in [0.3, 0.4) is 0 Å². The third-order valence-corrected chi connectivity index (χ3v) is 3.96. The van der Waals surface area contributed by atoms with Gasteiger partial charge < -0.3 is 15.0 Å². The molecule has 7 heteroatoms. The third-order valence-electron chi connectivity index (χ3n) is 3.96. The van der Waals surface area contributed by atoms with Gasteiger partial charge in [-0.25, -0.2) is 9.69 Å². The van der Waals surface area contributed by atoms with Crippen LogP contribution in [-0.2, 0) is 5.41 Å². The van der Waals surface area contributed by atoms with E-state index < -0.39 is 6.03 Å². The summed E-state index contributed by atoms with van der Waals surface area (Å²) in [6.45, 7) is 7.90. The maximum atomic E-state index is 12.1. The standard InChI is InChI=1S/C20H22N4O3/c1-13-12-22-9-8-16(13)26-15-7-5-6-14(10-15)24(19(21)25)18-11-17(27-23-18)20(2,3)4/h5-12H,1-4H3,(H2,21,25). The van der Waals surface area contributed by atoms with Gasteiger partial charge in [0.05, 0.1) is 5.69 Å². The predicted molar refractivity (Wildman–Crippen MR) is 102 cm³/mol. The number of hydrogen-bond donors (Lipinski definition) is 1. The highest BCUT2D eigenvalue weighted by atomic mass is 16.5. The summed E-state index contributed by atoms with van der Waals surface area (Å²) in [5, 5.41) is 4.01. The highest BCUT2D eigenvalue weighted by molar-refractivity contribution is 5.97. The van der Waals surface area contributed by atoms with Gasteiger partial charge in [-0.05, 0) is 25.1 Å². The zero-order chi connectivity index (χ0) is 19.6. The topological polar surface area (TPSA) is 94.5 Å². The summed E-state index contributed by atoms with van der Waals surface area (Å²) >= 11 is 0. The lowest BCUT2D eigenvalue weighted by atomic mass is 9.93. The Bertz CT molecular complexity index is 960. The zero-order valence-electron chi connectivity index (χ0n) is 15.8. The quantitative estimate of drug-likeness (QED) is 0.723. The van der Waals surface area contributed by atoms with Crippen LogP contribution in [0, 0.1) is 6.92 Å². The molecule has 0 radical (unpaired) electrons. The lowest BCUT2D eigenvalue weighted by Crippen LogP contribution is -2.31. The number of nitrogens with two attached hydrogens (primary N) is 1. The van der Waals surface area contributed by atoms with Crippen molar-refractivity contribution in [1.82, 2.24) is 10.1 Å². The predicted octanol–water partition coefficient (Wildman–Crippen LogP) is 4.68. The van der Waals surface area contributed by atoms with E-state index in [4.69, 9.17) is 15.0 Å². The maximum Gasteiger partial charge on any atom is 0.325 e. The third kappa shape index (κ3) is 4.08. The molecule has 0 atom stereocenters. The molecule has 2 heterocycles. The van der Waals surface area contributed by atoms with E-state index in [1.165, 1.54) is 4.90 Å². The van der Waals surface area contributed by atoms with E-state index in [1.807, 2.05) is 27.7 Å². The summed E-state index contributed by atoms with van der Waals surface area (Å²) in [7, 11) is 0. The summed E-state index contributed by atoms with van der Waals surface area (Å²) in [6.07, 6.45) is 3.38. The molecule has 0 aliphatic carbocycles. The van der Waals surface area contributed by atoms with Crippen LogP contribution >= 0.6 is 0 Å². The number of nitrogens with zero attached hydrogens (tertiary/aromatic N) is 3. The van der Waals surface area contributed by atoms with E-state index in [0.29, 0.717) is 28.8 Å². The number of primary amides is 1. The Morgan fingerprint density at radius 3 is 2.63 bits per heavy atom. The average Bonchev–Trinajstić information content (AvgIpc) is 3.07. The van der Waals surface area contributed by atoms with Crippen LogP contribution in [0.25, 0.3) is 0 Å². The molecule has 7 nitrogen and oxygen atoms in total. The molecule has 1 aromatic carbocycles. The molecule has 3 aromatic rings. The van der Waals surface area contributed by atoms with E-state index in [2.05, 4.69) is 10.1 Å². The zero-order valence-corrected chi connectivity index (χ0v) is 15.8. The lowest BCUT2D eigenvalue weighted by molar-refractivity contribution is 0.255. The largest absolute Gasteiger partial charge is 0.457 e. The Balaban J connectivity index is 1.94. The van der Waals surface area contributed by atoms with Gasteiger partial charge >= 0.3 is 6.03 Å². The second-order valence-electron chi connectivity index (χ2n) is 7.21. The second-order valence-corrected chi connectivity index (χ2v) is 7.21. The number of pyridine rings is 1. The molecule has 2 aromatic heterocycles. The van der Waals surface area contributed by atoms with Gasteiger partial charge in [-0.15, -0.1) is 0 Å². The molecule has 2 N–H and O–H groups in total. The molecule has 140 valence electrons. The first-order chi connectivity index (χ1) is 12.8. The summed E-state index contributed by atoms with van der Waals surface area (Å²) in [5.74, 6) is 2.23. The van der Waals surface area contributed by atoms with Crippen LogP contribution in [-0.4, -0.2) is 16.2 Å². The molecule has 0 aliphatic heterocycles. The number of aryl methyl sites for hydroxylation is 1.